The number of anilines is 1. The lowest BCUT2D eigenvalue weighted by molar-refractivity contribution is 0.0767. The fraction of sp³-hybridized carbons (Fsp3) is 0.238. The van der Waals surface area contributed by atoms with Crippen molar-refractivity contribution in [3.8, 4) is 11.3 Å². The van der Waals surface area contributed by atoms with Gasteiger partial charge in [-0.25, -0.2) is 8.78 Å². The van der Waals surface area contributed by atoms with Crippen LogP contribution in [0, 0.1) is 11.6 Å². The predicted octanol–water partition coefficient (Wildman–Crippen LogP) is 3.71. The number of carbonyl (C=O) groups excluding carboxylic acids is 1. The Morgan fingerprint density at radius 3 is 2.29 bits per heavy atom. The molecule has 1 N–H and O–H groups in total. The standard InChI is InChI=1S/C21H20F2N4O/c22-17-6-2-15(3-7-17)19-14-20(25-24-19)26-10-1-11-27(13-12-26)21(28)16-4-8-18(23)9-5-16/h2-9,14H,1,10-13H2,(H,24,25). The van der Waals surface area contributed by atoms with Gasteiger partial charge in [-0.15, -0.1) is 0 Å². The fourth-order valence-electron chi connectivity index (χ4n) is 3.38. The Labute approximate surface area is 161 Å². The highest BCUT2D eigenvalue weighted by Gasteiger charge is 2.21. The van der Waals surface area contributed by atoms with E-state index in [2.05, 4.69) is 15.1 Å². The maximum atomic E-state index is 13.1. The number of halogens is 2. The number of amides is 1. The van der Waals surface area contributed by atoms with Crippen molar-refractivity contribution in [1.29, 1.82) is 0 Å². The number of H-pyrrole nitrogens is 1. The molecule has 3 aromatic rings. The van der Waals surface area contributed by atoms with Crippen LogP contribution in [-0.2, 0) is 0 Å². The van der Waals surface area contributed by atoms with Crippen LogP contribution in [0.2, 0.25) is 0 Å². The van der Waals surface area contributed by atoms with Gasteiger partial charge in [-0.2, -0.15) is 5.10 Å². The predicted molar refractivity (Wildman–Crippen MR) is 103 cm³/mol. The van der Waals surface area contributed by atoms with Gasteiger partial charge in [-0.1, -0.05) is 0 Å². The first-order valence-electron chi connectivity index (χ1n) is 9.21. The Bertz CT molecular complexity index is 953. The minimum absolute atomic E-state index is 0.0871. The summed E-state index contributed by atoms with van der Waals surface area (Å²) in [7, 11) is 0. The summed E-state index contributed by atoms with van der Waals surface area (Å²) < 4.78 is 26.2. The molecule has 0 radical (unpaired) electrons. The molecule has 2 aromatic carbocycles. The summed E-state index contributed by atoms with van der Waals surface area (Å²) >= 11 is 0. The first-order chi connectivity index (χ1) is 13.6. The molecule has 0 spiro atoms. The van der Waals surface area contributed by atoms with Crippen LogP contribution >= 0.6 is 0 Å². The molecule has 1 saturated heterocycles. The third kappa shape index (κ3) is 3.88. The third-order valence-corrected chi connectivity index (χ3v) is 4.92. The van der Waals surface area contributed by atoms with Crippen molar-refractivity contribution < 1.29 is 13.6 Å². The first kappa shape index (κ1) is 18.2. The van der Waals surface area contributed by atoms with E-state index in [1.165, 1.54) is 36.4 Å². The van der Waals surface area contributed by atoms with Crippen LogP contribution in [0.15, 0.2) is 54.6 Å². The lowest BCUT2D eigenvalue weighted by Gasteiger charge is -2.22. The van der Waals surface area contributed by atoms with Gasteiger partial charge < -0.3 is 9.80 Å². The van der Waals surface area contributed by atoms with E-state index < -0.39 is 0 Å². The van der Waals surface area contributed by atoms with Crippen LogP contribution in [-0.4, -0.2) is 47.2 Å². The fourth-order valence-corrected chi connectivity index (χ4v) is 3.38. The molecule has 28 heavy (non-hydrogen) atoms. The van der Waals surface area contributed by atoms with Crippen molar-refractivity contribution in [1.82, 2.24) is 15.1 Å². The number of hydrogen-bond acceptors (Lipinski definition) is 3. The van der Waals surface area contributed by atoms with Gasteiger partial charge in [-0.05, 0) is 60.5 Å². The van der Waals surface area contributed by atoms with Gasteiger partial charge in [0.2, 0.25) is 0 Å². The molecule has 0 aliphatic carbocycles. The smallest absolute Gasteiger partial charge is 0.253 e. The lowest BCUT2D eigenvalue weighted by Crippen LogP contribution is -2.35. The van der Waals surface area contributed by atoms with Crippen molar-refractivity contribution in [2.45, 2.75) is 6.42 Å². The normalized spacial score (nSPS) is 14.8. The molecule has 5 nitrogen and oxygen atoms in total. The Morgan fingerprint density at radius 2 is 1.57 bits per heavy atom. The molecule has 2 heterocycles. The van der Waals surface area contributed by atoms with Crippen LogP contribution in [0.5, 0.6) is 0 Å². The number of benzene rings is 2. The van der Waals surface area contributed by atoms with Crippen molar-refractivity contribution >= 4 is 11.7 Å². The monoisotopic (exact) mass is 382 g/mol. The van der Waals surface area contributed by atoms with Crippen LogP contribution < -0.4 is 4.90 Å². The Morgan fingerprint density at radius 1 is 0.893 bits per heavy atom. The molecule has 0 unspecified atom stereocenters. The van der Waals surface area contributed by atoms with Crippen molar-refractivity contribution in [3.05, 3.63) is 71.8 Å². The zero-order valence-corrected chi connectivity index (χ0v) is 15.2. The number of hydrogen-bond donors (Lipinski definition) is 1. The Balaban J connectivity index is 1.43. The minimum Gasteiger partial charge on any atom is -0.353 e. The van der Waals surface area contributed by atoms with E-state index in [9.17, 15) is 13.6 Å². The minimum atomic E-state index is -0.353. The van der Waals surface area contributed by atoms with Gasteiger partial charge in [0.15, 0.2) is 5.82 Å². The number of nitrogens with one attached hydrogen (secondary N) is 1. The molecule has 7 heteroatoms. The average molecular weight is 382 g/mol. The highest BCUT2D eigenvalue weighted by molar-refractivity contribution is 5.94. The van der Waals surface area contributed by atoms with Gasteiger partial charge in [0.25, 0.3) is 5.91 Å². The summed E-state index contributed by atoms with van der Waals surface area (Å²) in [5, 5.41) is 7.37. The summed E-state index contributed by atoms with van der Waals surface area (Å²) in [5.41, 5.74) is 2.18. The summed E-state index contributed by atoms with van der Waals surface area (Å²) in [6.07, 6.45) is 0.811. The lowest BCUT2D eigenvalue weighted by atomic mass is 10.1. The van der Waals surface area contributed by atoms with Gasteiger partial charge in [-0.3, -0.25) is 9.89 Å². The molecule has 1 aliphatic rings. The SMILES string of the molecule is O=C(c1ccc(F)cc1)N1CCCN(c2cc(-c3ccc(F)cc3)[nH]n2)CC1. The zero-order chi connectivity index (χ0) is 19.5. The van der Waals surface area contributed by atoms with Crippen LogP contribution in [0.1, 0.15) is 16.8 Å². The number of rotatable bonds is 3. The van der Waals surface area contributed by atoms with Crippen LogP contribution in [0.3, 0.4) is 0 Å². The van der Waals surface area contributed by atoms with Crippen molar-refractivity contribution in [3.63, 3.8) is 0 Å². The quantitative estimate of drug-likeness (QED) is 0.751. The van der Waals surface area contributed by atoms with Gasteiger partial charge in [0, 0.05) is 37.8 Å². The Kier molecular flexibility index (Phi) is 5.06. The van der Waals surface area contributed by atoms with E-state index in [-0.39, 0.29) is 17.5 Å². The van der Waals surface area contributed by atoms with E-state index in [1.54, 1.807) is 17.0 Å². The second-order valence-corrected chi connectivity index (χ2v) is 6.79. The molecule has 0 atom stereocenters. The van der Waals surface area contributed by atoms with Gasteiger partial charge in [0.05, 0.1) is 5.69 Å². The number of nitrogens with zero attached hydrogens (tertiary/aromatic N) is 3. The van der Waals surface area contributed by atoms with E-state index in [0.29, 0.717) is 25.2 Å². The molecule has 0 bridgehead atoms. The molecule has 1 aromatic heterocycles. The van der Waals surface area contributed by atoms with Crippen molar-refractivity contribution in [2.24, 2.45) is 0 Å². The molecule has 4 rings (SSSR count). The van der Waals surface area contributed by atoms with E-state index in [1.807, 2.05) is 6.07 Å². The first-order valence-corrected chi connectivity index (χ1v) is 9.21. The second-order valence-electron chi connectivity index (χ2n) is 6.79. The molecule has 1 fully saturated rings. The number of aromatic amines is 1. The third-order valence-electron chi connectivity index (χ3n) is 4.92. The van der Waals surface area contributed by atoms with E-state index in [0.717, 1.165) is 30.0 Å². The van der Waals surface area contributed by atoms with E-state index in [4.69, 9.17) is 0 Å². The highest BCUT2D eigenvalue weighted by atomic mass is 19.1. The van der Waals surface area contributed by atoms with Crippen LogP contribution in [0.25, 0.3) is 11.3 Å². The largest absolute Gasteiger partial charge is 0.353 e. The molecular weight excluding hydrogens is 362 g/mol. The average Bonchev–Trinajstić information content (AvgIpc) is 3.06. The summed E-state index contributed by atoms with van der Waals surface area (Å²) in [6, 6.07) is 13.8. The maximum Gasteiger partial charge on any atom is 0.253 e. The summed E-state index contributed by atoms with van der Waals surface area (Å²) in [6.45, 7) is 2.64. The molecule has 144 valence electrons. The Hall–Kier alpha value is -3.22. The topological polar surface area (TPSA) is 52.2 Å². The van der Waals surface area contributed by atoms with Gasteiger partial charge >= 0.3 is 0 Å². The summed E-state index contributed by atoms with van der Waals surface area (Å²) in [5.74, 6) is 0.0855. The highest BCUT2D eigenvalue weighted by Crippen LogP contribution is 2.23. The van der Waals surface area contributed by atoms with E-state index >= 15 is 0 Å². The number of aromatic nitrogens is 2. The molecule has 1 amide bonds. The van der Waals surface area contributed by atoms with Crippen LogP contribution in [0.4, 0.5) is 14.6 Å². The zero-order valence-electron chi connectivity index (χ0n) is 15.2. The van der Waals surface area contributed by atoms with Crippen molar-refractivity contribution in [2.75, 3.05) is 31.1 Å². The second kappa shape index (κ2) is 7.80. The molecule has 0 saturated carbocycles. The molecular formula is C21H20F2N4O. The van der Waals surface area contributed by atoms with Gasteiger partial charge in [0.1, 0.15) is 11.6 Å². The maximum absolute atomic E-state index is 13.1. The number of carbonyl (C=O) groups is 1. The summed E-state index contributed by atoms with van der Waals surface area (Å²) in [4.78, 5) is 16.6. The molecule has 1 aliphatic heterocycles.